The Balaban J connectivity index is 2.23. The molecule has 0 aliphatic rings. The molecule has 0 fully saturated rings. The number of nitrogens with one attached hydrogen (secondary N) is 2. The second-order valence-electron chi connectivity index (χ2n) is 4.44. The van der Waals surface area contributed by atoms with Crippen LogP contribution in [0.2, 0.25) is 0 Å². The lowest BCUT2D eigenvalue weighted by Crippen LogP contribution is -2.33. The average Bonchev–Trinajstić information content (AvgIpc) is 2.75. The van der Waals surface area contributed by atoms with Gasteiger partial charge >= 0.3 is 0 Å². The van der Waals surface area contributed by atoms with Gasteiger partial charge in [0.25, 0.3) is 5.91 Å². The molecule has 0 unspecified atom stereocenters. The number of aromatic nitrogens is 2. The largest absolute Gasteiger partial charge is 0.394 e. The summed E-state index contributed by atoms with van der Waals surface area (Å²) in [7, 11) is 0. The van der Waals surface area contributed by atoms with Crippen molar-refractivity contribution in [1.82, 2.24) is 15.5 Å². The first-order valence-corrected chi connectivity index (χ1v) is 5.77. The molecule has 0 radical (unpaired) electrons. The van der Waals surface area contributed by atoms with Gasteiger partial charge < -0.3 is 11.1 Å². The van der Waals surface area contributed by atoms with Gasteiger partial charge in [0.1, 0.15) is 0 Å². The third-order valence-corrected chi connectivity index (χ3v) is 2.47. The molecule has 1 amide bonds. The number of nitrogens with zero attached hydrogens (tertiary/aromatic N) is 1. The molecule has 0 saturated heterocycles. The SMILES string of the molecule is CC(C)NC(=O)/C(N)=C/c1ccc2[nH]ncc2c1. The molecule has 1 aromatic heterocycles. The molecule has 5 heteroatoms. The number of nitrogens with two attached hydrogens (primary N) is 1. The smallest absolute Gasteiger partial charge is 0.267 e. The first kappa shape index (κ1) is 12.2. The topological polar surface area (TPSA) is 83.8 Å². The van der Waals surface area contributed by atoms with Crippen LogP contribution in [0.5, 0.6) is 0 Å². The summed E-state index contributed by atoms with van der Waals surface area (Å²) in [5, 5.41) is 10.5. The molecule has 0 aliphatic heterocycles. The van der Waals surface area contributed by atoms with Gasteiger partial charge in [-0.15, -0.1) is 0 Å². The van der Waals surface area contributed by atoms with Crippen molar-refractivity contribution in [3.63, 3.8) is 0 Å². The van der Waals surface area contributed by atoms with Crippen LogP contribution in [0.3, 0.4) is 0 Å². The molecule has 0 spiro atoms. The van der Waals surface area contributed by atoms with Crippen LogP contribution in [0.1, 0.15) is 19.4 Å². The van der Waals surface area contributed by atoms with E-state index < -0.39 is 0 Å². The summed E-state index contributed by atoms with van der Waals surface area (Å²) in [5.74, 6) is -0.253. The van der Waals surface area contributed by atoms with Gasteiger partial charge in [0.05, 0.1) is 17.4 Å². The van der Waals surface area contributed by atoms with Gasteiger partial charge in [0.2, 0.25) is 0 Å². The van der Waals surface area contributed by atoms with E-state index in [0.717, 1.165) is 16.5 Å². The van der Waals surface area contributed by atoms with E-state index in [4.69, 9.17) is 5.73 Å². The summed E-state index contributed by atoms with van der Waals surface area (Å²) in [6, 6.07) is 5.78. The molecule has 18 heavy (non-hydrogen) atoms. The molecule has 0 atom stereocenters. The Morgan fingerprint density at radius 2 is 2.28 bits per heavy atom. The van der Waals surface area contributed by atoms with Crippen LogP contribution >= 0.6 is 0 Å². The minimum atomic E-state index is -0.253. The lowest BCUT2D eigenvalue weighted by atomic mass is 10.1. The maximum absolute atomic E-state index is 11.6. The van der Waals surface area contributed by atoms with Crippen molar-refractivity contribution in [3.05, 3.63) is 35.7 Å². The van der Waals surface area contributed by atoms with Crippen molar-refractivity contribution in [1.29, 1.82) is 0 Å². The molecule has 0 aliphatic carbocycles. The number of fused-ring (bicyclic) bond motifs is 1. The maximum atomic E-state index is 11.6. The van der Waals surface area contributed by atoms with Crippen LogP contribution in [0, 0.1) is 0 Å². The Hall–Kier alpha value is -2.30. The zero-order chi connectivity index (χ0) is 13.1. The van der Waals surface area contributed by atoms with Crippen LogP contribution < -0.4 is 11.1 Å². The van der Waals surface area contributed by atoms with Crippen LogP contribution in [0.15, 0.2) is 30.1 Å². The van der Waals surface area contributed by atoms with Crippen LogP contribution in [-0.2, 0) is 4.79 Å². The first-order chi connectivity index (χ1) is 8.56. The van der Waals surface area contributed by atoms with E-state index in [-0.39, 0.29) is 17.6 Å². The summed E-state index contributed by atoms with van der Waals surface area (Å²) >= 11 is 0. The normalized spacial score (nSPS) is 12.1. The third-order valence-electron chi connectivity index (χ3n) is 2.47. The molecule has 2 aromatic rings. The van der Waals surface area contributed by atoms with Gasteiger partial charge in [-0.3, -0.25) is 9.89 Å². The van der Waals surface area contributed by atoms with Gasteiger partial charge in [-0.25, -0.2) is 0 Å². The number of hydrogen-bond donors (Lipinski definition) is 3. The summed E-state index contributed by atoms with van der Waals surface area (Å²) in [4.78, 5) is 11.6. The summed E-state index contributed by atoms with van der Waals surface area (Å²) in [5.41, 5.74) is 7.77. The van der Waals surface area contributed by atoms with Gasteiger partial charge in [-0.2, -0.15) is 5.10 Å². The molecule has 0 saturated carbocycles. The van der Waals surface area contributed by atoms with Crippen LogP contribution in [0.4, 0.5) is 0 Å². The van der Waals surface area contributed by atoms with Crippen molar-refractivity contribution >= 4 is 22.9 Å². The van der Waals surface area contributed by atoms with E-state index in [9.17, 15) is 4.79 Å². The summed E-state index contributed by atoms with van der Waals surface area (Å²) in [6.45, 7) is 3.78. The van der Waals surface area contributed by atoms with Gasteiger partial charge in [0.15, 0.2) is 0 Å². The second kappa shape index (κ2) is 4.91. The van der Waals surface area contributed by atoms with Crippen LogP contribution in [-0.4, -0.2) is 22.1 Å². The zero-order valence-corrected chi connectivity index (χ0v) is 10.4. The average molecular weight is 244 g/mol. The Kier molecular flexibility index (Phi) is 3.32. The van der Waals surface area contributed by atoms with Crippen LogP contribution in [0.25, 0.3) is 17.0 Å². The predicted octanol–water partition coefficient (Wildman–Crippen LogP) is 1.39. The van der Waals surface area contributed by atoms with E-state index in [1.54, 1.807) is 12.3 Å². The van der Waals surface area contributed by atoms with Crippen molar-refractivity contribution in [2.45, 2.75) is 19.9 Å². The van der Waals surface area contributed by atoms with Gasteiger partial charge in [-0.1, -0.05) is 6.07 Å². The van der Waals surface area contributed by atoms with E-state index >= 15 is 0 Å². The molecule has 5 nitrogen and oxygen atoms in total. The lowest BCUT2D eigenvalue weighted by Gasteiger charge is -2.08. The number of H-pyrrole nitrogens is 1. The number of carbonyl (C=O) groups is 1. The fourth-order valence-corrected chi connectivity index (χ4v) is 1.64. The van der Waals surface area contributed by atoms with Gasteiger partial charge in [-0.05, 0) is 37.6 Å². The van der Waals surface area contributed by atoms with Gasteiger partial charge in [0, 0.05) is 11.4 Å². The maximum Gasteiger partial charge on any atom is 0.267 e. The molecule has 2 rings (SSSR count). The molecule has 4 N–H and O–H groups in total. The van der Waals surface area contributed by atoms with Crippen molar-refractivity contribution in [3.8, 4) is 0 Å². The lowest BCUT2D eigenvalue weighted by molar-refractivity contribution is -0.117. The summed E-state index contributed by atoms with van der Waals surface area (Å²) in [6.07, 6.45) is 3.39. The minimum absolute atomic E-state index is 0.0702. The fourth-order valence-electron chi connectivity index (χ4n) is 1.64. The minimum Gasteiger partial charge on any atom is -0.394 e. The predicted molar refractivity (Wildman–Crippen MR) is 71.5 cm³/mol. The standard InChI is InChI=1S/C13H16N4O/c1-8(2)16-13(18)11(14)6-9-3-4-12-10(5-9)7-15-17-12/h3-8H,14H2,1-2H3,(H,15,17)(H,16,18)/b11-6-. The fraction of sp³-hybridized carbons (Fsp3) is 0.231. The first-order valence-electron chi connectivity index (χ1n) is 5.77. The van der Waals surface area contributed by atoms with E-state index in [1.165, 1.54) is 0 Å². The molecule has 1 aromatic carbocycles. The highest BCUT2D eigenvalue weighted by Gasteiger charge is 2.06. The molecular weight excluding hydrogens is 228 g/mol. The monoisotopic (exact) mass is 244 g/mol. The third kappa shape index (κ3) is 2.68. The van der Waals surface area contributed by atoms with E-state index in [2.05, 4.69) is 15.5 Å². The number of hydrogen-bond acceptors (Lipinski definition) is 3. The molecule has 1 heterocycles. The Labute approximate surface area is 105 Å². The van der Waals surface area contributed by atoms with Crippen molar-refractivity contribution < 1.29 is 4.79 Å². The van der Waals surface area contributed by atoms with Crippen molar-refractivity contribution in [2.75, 3.05) is 0 Å². The number of amides is 1. The van der Waals surface area contributed by atoms with E-state index in [0.29, 0.717) is 0 Å². The highest BCUT2D eigenvalue weighted by Crippen LogP contribution is 2.14. The van der Waals surface area contributed by atoms with E-state index in [1.807, 2.05) is 32.0 Å². The Morgan fingerprint density at radius 1 is 1.50 bits per heavy atom. The highest BCUT2D eigenvalue weighted by molar-refractivity contribution is 5.97. The highest BCUT2D eigenvalue weighted by atomic mass is 16.2. The molecule has 0 bridgehead atoms. The molecular formula is C13H16N4O. The Bertz CT molecular complexity index is 598. The number of benzene rings is 1. The van der Waals surface area contributed by atoms with Crippen molar-refractivity contribution in [2.24, 2.45) is 5.73 Å². The number of carbonyl (C=O) groups excluding carboxylic acids is 1. The Morgan fingerprint density at radius 3 is 3.00 bits per heavy atom. The number of rotatable bonds is 3. The number of aromatic amines is 1. The zero-order valence-electron chi connectivity index (χ0n) is 10.4. The second-order valence-corrected chi connectivity index (χ2v) is 4.44. The summed E-state index contributed by atoms with van der Waals surface area (Å²) < 4.78 is 0. The quantitative estimate of drug-likeness (QED) is 0.713. The molecule has 94 valence electrons.